The fourth-order valence-electron chi connectivity index (χ4n) is 2.82. The molecule has 0 bridgehead atoms. The summed E-state index contributed by atoms with van der Waals surface area (Å²) >= 11 is 0. The number of aryl methyl sites for hydroxylation is 2. The number of nitro benzene ring substituents is 1. The highest BCUT2D eigenvalue weighted by molar-refractivity contribution is 5.95. The van der Waals surface area contributed by atoms with Gasteiger partial charge < -0.3 is 14.1 Å². The van der Waals surface area contributed by atoms with E-state index in [-0.39, 0.29) is 17.6 Å². The van der Waals surface area contributed by atoms with E-state index < -0.39 is 4.92 Å². The molecule has 0 spiro atoms. The summed E-state index contributed by atoms with van der Waals surface area (Å²) in [5.41, 5.74) is 0.763. The third-order valence-corrected chi connectivity index (χ3v) is 4.13. The highest BCUT2D eigenvalue weighted by Gasteiger charge is 2.32. The molecule has 1 atom stereocenters. The van der Waals surface area contributed by atoms with E-state index in [1.54, 1.807) is 24.0 Å². The average Bonchev–Trinajstić information content (AvgIpc) is 3.01. The molecule has 24 heavy (non-hydrogen) atoms. The molecule has 7 heteroatoms. The lowest BCUT2D eigenvalue weighted by atomic mass is 10.1. The summed E-state index contributed by atoms with van der Waals surface area (Å²) in [6.45, 7) is 4.66. The van der Waals surface area contributed by atoms with Gasteiger partial charge in [0, 0.05) is 23.7 Å². The van der Waals surface area contributed by atoms with Crippen molar-refractivity contribution in [2.75, 3.05) is 19.8 Å². The van der Waals surface area contributed by atoms with Crippen LogP contribution < -0.4 is 0 Å². The standard InChI is InChI=1S/C17H18N2O5/c1-11-3-5-13(9-14(11)19(21)22)17(20)18-7-8-23-10-15(18)16-6-4-12(2)24-16/h3-6,9,15H,7-8,10H2,1-2H3/t15-/m1/s1. The van der Waals surface area contributed by atoms with E-state index in [9.17, 15) is 14.9 Å². The van der Waals surface area contributed by atoms with Crippen LogP contribution in [0.3, 0.4) is 0 Å². The SMILES string of the molecule is Cc1ccc([C@H]2COCCN2C(=O)c2ccc(C)c([N+](=O)[O-])c2)o1. The van der Waals surface area contributed by atoms with E-state index in [4.69, 9.17) is 9.15 Å². The molecule has 126 valence electrons. The van der Waals surface area contributed by atoms with Crippen LogP contribution in [0.4, 0.5) is 5.69 Å². The lowest BCUT2D eigenvalue weighted by Crippen LogP contribution is -2.43. The van der Waals surface area contributed by atoms with Gasteiger partial charge in [-0.15, -0.1) is 0 Å². The minimum Gasteiger partial charge on any atom is -0.464 e. The normalized spacial score (nSPS) is 17.8. The van der Waals surface area contributed by atoms with Gasteiger partial charge in [0.2, 0.25) is 0 Å². The molecule has 2 aromatic rings. The van der Waals surface area contributed by atoms with Crippen molar-refractivity contribution in [1.82, 2.24) is 4.90 Å². The fourth-order valence-corrected chi connectivity index (χ4v) is 2.82. The Morgan fingerprint density at radius 3 is 2.75 bits per heavy atom. The number of ether oxygens (including phenoxy) is 1. The average molecular weight is 330 g/mol. The zero-order valence-corrected chi connectivity index (χ0v) is 13.5. The number of rotatable bonds is 3. The van der Waals surface area contributed by atoms with Gasteiger partial charge in [0.1, 0.15) is 17.6 Å². The molecular formula is C17H18N2O5. The van der Waals surface area contributed by atoms with Gasteiger partial charge in [-0.3, -0.25) is 14.9 Å². The molecule has 1 fully saturated rings. The maximum absolute atomic E-state index is 12.9. The molecule has 0 N–H and O–H groups in total. The Labute approximate surface area is 139 Å². The monoisotopic (exact) mass is 330 g/mol. The number of nitrogens with zero attached hydrogens (tertiary/aromatic N) is 2. The van der Waals surface area contributed by atoms with Gasteiger partial charge in [0.25, 0.3) is 11.6 Å². The Hall–Kier alpha value is -2.67. The molecule has 1 aliphatic rings. The van der Waals surface area contributed by atoms with Crippen LogP contribution in [0.2, 0.25) is 0 Å². The Bertz CT molecular complexity index is 783. The van der Waals surface area contributed by atoms with Crippen LogP contribution >= 0.6 is 0 Å². The van der Waals surface area contributed by atoms with Crippen LogP contribution in [-0.4, -0.2) is 35.5 Å². The van der Waals surface area contributed by atoms with Crippen LogP contribution in [0.25, 0.3) is 0 Å². The van der Waals surface area contributed by atoms with E-state index in [0.717, 1.165) is 5.76 Å². The number of nitro groups is 1. The molecule has 1 aromatic carbocycles. The summed E-state index contributed by atoms with van der Waals surface area (Å²) in [4.78, 5) is 25.2. The fraction of sp³-hybridized carbons (Fsp3) is 0.353. The van der Waals surface area contributed by atoms with E-state index >= 15 is 0 Å². The molecule has 0 aliphatic carbocycles. The van der Waals surface area contributed by atoms with Gasteiger partial charge >= 0.3 is 0 Å². The molecular weight excluding hydrogens is 312 g/mol. The number of furan rings is 1. The van der Waals surface area contributed by atoms with Crippen molar-refractivity contribution in [3.05, 3.63) is 63.1 Å². The first-order chi connectivity index (χ1) is 11.5. The van der Waals surface area contributed by atoms with Gasteiger partial charge in [-0.05, 0) is 32.0 Å². The molecule has 0 radical (unpaired) electrons. The predicted octanol–water partition coefficient (Wildman–Crippen LogP) is 3.02. The minimum atomic E-state index is -0.473. The first-order valence-electron chi connectivity index (χ1n) is 7.67. The molecule has 0 saturated carbocycles. The van der Waals surface area contributed by atoms with Gasteiger partial charge in [-0.1, -0.05) is 6.07 Å². The highest BCUT2D eigenvalue weighted by Crippen LogP contribution is 2.28. The van der Waals surface area contributed by atoms with Crippen molar-refractivity contribution in [3.63, 3.8) is 0 Å². The Morgan fingerprint density at radius 1 is 1.29 bits per heavy atom. The lowest BCUT2D eigenvalue weighted by Gasteiger charge is -2.34. The van der Waals surface area contributed by atoms with Gasteiger partial charge in [-0.25, -0.2) is 0 Å². The number of carbonyl (C=O) groups excluding carboxylic acids is 1. The van der Waals surface area contributed by atoms with Crippen molar-refractivity contribution in [2.45, 2.75) is 19.9 Å². The first kappa shape index (κ1) is 16.2. The zero-order chi connectivity index (χ0) is 17.3. The van der Waals surface area contributed by atoms with Gasteiger partial charge in [0.15, 0.2) is 0 Å². The number of morpholine rings is 1. The lowest BCUT2D eigenvalue weighted by molar-refractivity contribution is -0.385. The van der Waals surface area contributed by atoms with Crippen molar-refractivity contribution < 1.29 is 18.9 Å². The number of hydrogen-bond acceptors (Lipinski definition) is 5. The maximum Gasteiger partial charge on any atom is 0.273 e. The Balaban J connectivity index is 1.92. The third-order valence-electron chi connectivity index (χ3n) is 4.13. The van der Waals surface area contributed by atoms with Crippen LogP contribution in [0.1, 0.15) is 33.5 Å². The molecule has 0 unspecified atom stereocenters. The highest BCUT2D eigenvalue weighted by atomic mass is 16.6. The van der Waals surface area contributed by atoms with E-state index in [0.29, 0.717) is 36.6 Å². The zero-order valence-electron chi connectivity index (χ0n) is 13.5. The summed E-state index contributed by atoms with van der Waals surface area (Å²) in [5.74, 6) is 1.15. The third kappa shape index (κ3) is 3.03. The molecule has 2 heterocycles. The van der Waals surface area contributed by atoms with Crippen LogP contribution in [0.15, 0.2) is 34.7 Å². The van der Waals surface area contributed by atoms with Crippen molar-refractivity contribution in [1.29, 1.82) is 0 Å². The van der Waals surface area contributed by atoms with E-state index in [1.165, 1.54) is 6.07 Å². The second-order valence-electron chi connectivity index (χ2n) is 5.80. The second-order valence-corrected chi connectivity index (χ2v) is 5.80. The maximum atomic E-state index is 12.9. The molecule has 7 nitrogen and oxygen atoms in total. The van der Waals surface area contributed by atoms with Crippen LogP contribution in [0, 0.1) is 24.0 Å². The summed E-state index contributed by atoms with van der Waals surface area (Å²) in [5, 5.41) is 11.1. The number of hydrogen-bond donors (Lipinski definition) is 0. The van der Waals surface area contributed by atoms with Crippen LogP contribution in [0.5, 0.6) is 0 Å². The summed E-state index contributed by atoms with van der Waals surface area (Å²) in [6, 6.07) is 7.87. The van der Waals surface area contributed by atoms with Gasteiger partial charge in [0.05, 0.1) is 18.1 Å². The molecule has 1 amide bonds. The van der Waals surface area contributed by atoms with Crippen molar-refractivity contribution in [3.8, 4) is 0 Å². The Morgan fingerprint density at radius 2 is 2.08 bits per heavy atom. The number of carbonyl (C=O) groups is 1. The predicted molar refractivity (Wildman–Crippen MR) is 85.9 cm³/mol. The first-order valence-corrected chi connectivity index (χ1v) is 7.67. The second kappa shape index (κ2) is 6.45. The topological polar surface area (TPSA) is 85.8 Å². The quantitative estimate of drug-likeness (QED) is 0.638. The number of amides is 1. The smallest absolute Gasteiger partial charge is 0.273 e. The summed E-state index contributed by atoms with van der Waals surface area (Å²) in [7, 11) is 0. The molecule has 1 aliphatic heterocycles. The molecule has 1 aromatic heterocycles. The van der Waals surface area contributed by atoms with E-state index in [1.807, 2.05) is 19.1 Å². The molecule has 1 saturated heterocycles. The summed E-state index contributed by atoms with van der Waals surface area (Å²) < 4.78 is 11.1. The summed E-state index contributed by atoms with van der Waals surface area (Å²) in [6.07, 6.45) is 0. The van der Waals surface area contributed by atoms with Crippen molar-refractivity contribution in [2.24, 2.45) is 0 Å². The largest absolute Gasteiger partial charge is 0.464 e. The van der Waals surface area contributed by atoms with Gasteiger partial charge in [-0.2, -0.15) is 0 Å². The minimum absolute atomic E-state index is 0.0560. The molecule has 3 rings (SSSR count). The van der Waals surface area contributed by atoms with E-state index in [2.05, 4.69) is 0 Å². The van der Waals surface area contributed by atoms with Crippen LogP contribution in [-0.2, 0) is 4.74 Å². The number of benzene rings is 1. The Kier molecular flexibility index (Phi) is 4.35. The van der Waals surface area contributed by atoms with Crippen molar-refractivity contribution >= 4 is 11.6 Å².